The van der Waals surface area contributed by atoms with Gasteiger partial charge in [0.1, 0.15) is 0 Å². The third-order valence-electron chi connectivity index (χ3n) is 4.97. The van der Waals surface area contributed by atoms with E-state index in [4.69, 9.17) is 9.47 Å². The molecule has 1 amide bonds. The first-order chi connectivity index (χ1) is 12.1. The average Bonchev–Trinajstić information content (AvgIpc) is 3.31. The number of rotatable bonds is 4. The minimum Gasteiger partial charge on any atom is -0.454 e. The summed E-state index contributed by atoms with van der Waals surface area (Å²) in [6.07, 6.45) is 2.21. The van der Waals surface area contributed by atoms with Gasteiger partial charge in [-0.1, -0.05) is 6.07 Å². The molecule has 2 aromatic rings. The maximum Gasteiger partial charge on any atom is 0.231 e. The highest BCUT2D eigenvalue weighted by molar-refractivity contribution is 5.76. The third-order valence-corrected chi connectivity index (χ3v) is 4.97. The summed E-state index contributed by atoms with van der Waals surface area (Å²) < 4.78 is 12.8. The highest BCUT2D eigenvalue weighted by atomic mass is 16.7. The van der Waals surface area contributed by atoms with E-state index in [0.29, 0.717) is 12.5 Å². The lowest BCUT2D eigenvalue weighted by molar-refractivity contribution is -0.130. The number of fused-ring (bicyclic) bond motifs is 1. The lowest BCUT2D eigenvalue weighted by Gasteiger charge is -2.17. The van der Waals surface area contributed by atoms with Crippen LogP contribution in [0.1, 0.15) is 35.8 Å². The highest BCUT2D eigenvalue weighted by Crippen LogP contribution is 2.33. The van der Waals surface area contributed by atoms with Crippen molar-refractivity contribution in [2.75, 3.05) is 19.9 Å². The van der Waals surface area contributed by atoms with Crippen LogP contribution in [-0.2, 0) is 11.2 Å². The summed E-state index contributed by atoms with van der Waals surface area (Å²) in [6.45, 7) is 5.92. The molecule has 1 aromatic heterocycles. The number of aromatic nitrogens is 2. The van der Waals surface area contributed by atoms with Crippen LogP contribution in [0, 0.1) is 13.8 Å². The molecule has 2 aliphatic heterocycles. The maximum absolute atomic E-state index is 12.6. The lowest BCUT2D eigenvalue weighted by Crippen LogP contribution is -2.29. The Morgan fingerprint density at radius 3 is 2.88 bits per heavy atom. The minimum absolute atomic E-state index is 0.210. The van der Waals surface area contributed by atoms with Crippen molar-refractivity contribution in [3.05, 3.63) is 41.2 Å². The second-order valence-corrected chi connectivity index (χ2v) is 6.84. The second kappa shape index (κ2) is 6.43. The molecule has 0 radical (unpaired) electrons. The van der Waals surface area contributed by atoms with Gasteiger partial charge in [0, 0.05) is 25.2 Å². The van der Waals surface area contributed by atoms with E-state index in [2.05, 4.69) is 22.8 Å². The van der Waals surface area contributed by atoms with Crippen LogP contribution in [0.2, 0.25) is 0 Å². The summed E-state index contributed by atoms with van der Waals surface area (Å²) in [5, 5.41) is 4.57. The average molecular weight is 341 g/mol. The molecule has 1 fully saturated rings. The quantitative estimate of drug-likeness (QED) is 0.858. The van der Waals surface area contributed by atoms with E-state index in [1.807, 2.05) is 30.0 Å². The number of ether oxygens (including phenoxy) is 2. The monoisotopic (exact) mass is 341 g/mol. The smallest absolute Gasteiger partial charge is 0.231 e. The van der Waals surface area contributed by atoms with E-state index in [9.17, 15) is 4.79 Å². The predicted molar refractivity (Wildman–Crippen MR) is 92.8 cm³/mol. The van der Waals surface area contributed by atoms with Gasteiger partial charge in [0.05, 0.1) is 11.7 Å². The van der Waals surface area contributed by atoms with Crippen LogP contribution in [0.15, 0.2) is 24.3 Å². The zero-order valence-corrected chi connectivity index (χ0v) is 14.7. The van der Waals surface area contributed by atoms with E-state index >= 15 is 0 Å². The van der Waals surface area contributed by atoms with Gasteiger partial charge in [-0.2, -0.15) is 5.10 Å². The van der Waals surface area contributed by atoms with Crippen molar-refractivity contribution in [2.24, 2.45) is 0 Å². The number of nitrogens with zero attached hydrogens (tertiary/aromatic N) is 3. The summed E-state index contributed by atoms with van der Waals surface area (Å²) in [5.74, 6) is 1.76. The van der Waals surface area contributed by atoms with Crippen molar-refractivity contribution in [3.8, 4) is 11.5 Å². The van der Waals surface area contributed by atoms with Crippen LogP contribution in [0.3, 0.4) is 0 Å². The fraction of sp³-hybridized carbons (Fsp3) is 0.474. The second-order valence-electron chi connectivity index (χ2n) is 6.84. The number of carbonyl (C=O) groups excluding carboxylic acids is 1. The summed E-state index contributed by atoms with van der Waals surface area (Å²) >= 11 is 0. The first kappa shape index (κ1) is 16.0. The number of carbonyl (C=O) groups is 1. The topological polar surface area (TPSA) is 56.6 Å². The van der Waals surface area contributed by atoms with E-state index < -0.39 is 0 Å². The van der Waals surface area contributed by atoms with Crippen molar-refractivity contribution >= 4 is 5.91 Å². The Labute approximate surface area is 147 Å². The van der Waals surface area contributed by atoms with Crippen LogP contribution in [0.4, 0.5) is 0 Å². The molecular weight excluding hydrogens is 318 g/mol. The predicted octanol–water partition coefficient (Wildman–Crippen LogP) is 2.63. The first-order valence-electron chi connectivity index (χ1n) is 8.79. The van der Waals surface area contributed by atoms with Crippen molar-refractivity contribution in [3.63, 3.8) is 0 Å². The normalized spacial score (nSPS) is 18.8. The molecule has 2 aliphatic rings. The first-order valence-corrected chi connectivity index (χ1v) is 8.79. The van der Waals surface area contributed by atoms with Crippen molar-refractivity contribution < 1.29 is 14.3 Å². The Morgan fingerprint density at radius 2 is 2.08 bits per heavy atom. The van der Waals surface area contributed by atoms with Gasteiger partial charge in [0.2, 0.25) is 12.7 Å². The van der Waals surface area contributed by atoms with Crippen molar-refractivity contribution in [1.82, 2.24) is 14.7 Å². The molecule has 132 valence electrons. The molecule has 0 bridgehead atoms. The largest absolute Gasteiger partial charge is 0.454 e. The van der Waals surface area contributed by atoms with E-state index in [1.165, 1.54) is 0 Å². The van der Waals surface area contributed by atoms with Crippen LogP contribution >= 0.6 is 0 Å². The van der Waals surface area contributed by atoms with Crippen molar-refractivity contribution in [1.29, 1.82) is 0 Å². The lowest BCUT2D eigenvalue weighted by atomic mass is 10.1. The summed E-state index contributed by atoms with van der Waals surface area (Å²) in [4.78, 5) is 14.5. The number of benzene rings is 1. The van der Waals surface area contributed by atoms with Crippen LogP contribution in [0.5, 0.6) is 11.5 Å². The number of hydrogen-bond donors (Lipinski definition) is 0. The van der Waals surface area contributed by atoms with Gasteiger partial charge in [-0.3, -0.25) is 9.48 Å². The molecule has 3 heterocycles. The molecule has 0 spiro atoms. The number of amides is 1. The van der Waals surface area contributed by atoms with Crippen LogP contribution in [0.25, 0.3) is 0 Å². The summed E-state index contributed by atoms with van der Waals surface area (Å²) in [6, 6.07) is 8.27. The maximum atomic E-state index is 12.6. The molecule has 1 aromatic carbocycles. The van der Waals surface area contributed by atoms with E-state index in [0.717, 1.165) is 54.4 Å². The molecule has 1 atom stereocenters. The van der Waals surface area contributed by atoms with Gasteiger partial charge >= 0.3 is 0 Å². The third kappa shape index (κ3) is 3.21. The fourth-order valence-corrected chi connectivity index (χ4v) is 3.69. The fourth-order valence-electron chi connectivity index (χ4n) is 3.69. The SMILES string of the molecule is Cc1cc(C)n(C2CCN(C(=O)CCc3ccc4c(c3)OCO4)C2)n1. The molecule has 1 saturated heterocycles. The standard InChI is InChI=1S/C19H23N3O3/c1-13-9-14(2)22(20-13)16-7-8-21(11-16)19(23)6-4-15-3-5-17-18(10-15)25-12-24-17/h3,5,9-10,16H,4,6-8,11-12H2,1-2H3. The highest BCUT2D eigenvalue weighted by Gasteiger charge is 2.28. The van der Waals surface area contributed by atoms with E-state index in [-0.39, 0.29) is 12.7 Å². The van der Waals surface area contributed by atoms with Crippen LogP contribution in [-0.4, -0.2) is 40.5 Å². The Bertz CT molecular complexity index is 799. The van der Waals surface area contributed by atoms with Gasteiger partial charge in [0.15, 0.2) is 11.5 Å². The van der Waals surface area contributed by atoms with Crippen molar-refractivity contribution in [2.45, 2.75) is 39.2 Å². The van der Waals surface area contributed by atoms with Gasteiger partial charge < -0.3 is 14.4 Å². The number of likely N-dealkylation sites (tertiary alicyclic amines) is 1. The molecule has 6 nitrogen and oxygen atoms in total. The molecule has 0 saturated carbocycles. The van der Waals surface area contributed by atoms with Gasteiger partial charge in [-0.25, -0.2) is 0 Å². The van der Waals surface area contributed by atoms with Crippen LogP contribution < -0.4 is 9.47 Å². The minimum atomic E-state index is 0.210. The number of aryl methyl sites for hydroxylation is 3. The molecule has 0 aliphatic carbocycles. The molecule has 0 N–H and O–H groups in total. The van der Waals surface area contributed by atoms with Gasteiger partial charge in [-0.15, -0.1) is 0 Å². The zero-order chi connectivity index (χ0) is 17.4. The van der Waals surface area contributed by atoms with Gasteiger partial charge in [-0.05, 0) is 50.5 Å². The zero-order valence-electron chi connectivity index (χ0n) is 14.7. The molecule has 25 heavy (non-hydrogen) atoms. The van der Waals surface area contributed by atoms with E-state index in [1.54, 1.807) is 0 Å². The Morgan fingerprint density at radius 1 is 1.24 bits per heavy atom. The summed E-state index contributed by atoms with van der Waals surface area (Å²) in [5.41, 5.74) is 3.30. The Hall–Kier alpha value is -2.50. The summed E-state index contributed by atoms with van der Waals surface area (Å²) in [7, 11) is 0. The molecule has 6 heteroatoms. The molecular formula is C19H23N3O3. The molecule has 4 rings (SSSR count). The van der Waals surface area contributed by atoms with Gasteiger partial charge in [0.25, 0.3) is 0 Å². The Kier molecular flexibility index (Phi) is 4.11. The molecule has 1 unspecified atom stereocenters. The Balaban J connectivity index is 1.34. The number of hydrogen-bond acceptors (Lipinski definition) is 4.